The monoisotopic (exact) mass is 288 g/mol. The van der Waals surface area contributed by atoms with Gasteiger partial charge in [-0.05, 0) is 25.0 Å². The Morgan fingerprint density at radius 1 is 1.38 bits per heavy atom. The molecule has 6 heteroatoms. The first kappa shape index (κ1) is 13.9. The summed E-state index contributed by atoms with van der Waals surface area (Å²) in [5, 5.41) is 2.85. The van der Waals surface area contributed by atoms with Crippen LogP contribution in [0.1, 0.15) is 19.3 Å². The van der Waals surface area contributed by atoms with Gasteiger partial charge in [0.25, 0.3) is 0 Å². The Labute approximate surface area is 124 Å². The molecule has 112 valence electrons. The van der Waals surface area contributed by atoms with E-state index in [1.807, 2.05) is 36.0 Å². The summed E-state index contributed by atoms with van der Waals surface area (Å²) in [4.78, 5) is 32.1. The Morgan fingerprint density at radius 2 is 2.14 bits per heavy atom. The zero-order valence-corrected chi connectivity index (χ0v) is 12.4. The van der Waals surface area contributed by atoms with Crippen molar-refractivity contribution in [3.8, 4) is 0 Å². The van der Waals surface area contributed by atoms with Gasteiger partial charge < -0.3 is 15.1 Å². The van der Waals surface area contributed by atoms with Crippen LogP contribution in [0.25, 0.3) is 0 Å². The minimum Gasteiger partial charge on any atom is -0.363 e. The second-order valence-electron chi connectivity index (χ2n) is 5.97. The number of aromatic nitrogens is 1. The fraction of sp³-hybridized carbons (Fsp3) is 0.533. The topological polar surface area (TPSA) is 65.5 Å². The van der Waals surface area contributed by atoms with E-state index in [4.69, 9.17) is 0 Å². The molecule has 21 heavy (non-hydrogen) atoms. The van der Waals surface area contributed by atoms with Crippen LogP contribution in [0.3, 0.4) is 0 Å². The summed E-state index contributed by atoms with van der Waals surface area (Å²) in [5.41, 5.74) is 0.669. The van der Waals surface area contributed by atoms with E-state index < -0.39 is 0 Å². The molecule has 2 aliphatic rings. The number of likely N-dealkylation sites (tertiary alicyclic amines) is 1. The molecule has 1 aromatic heterocycles. The maximum atomic E-state index is 12.2. The van der Waals surface area contributed by atoms with Crippen LogP contribution in [-0.4, -0.2) is 48.4 Å². The highest BCUT2D eigenvalue weighted by Gasteiger charge is 2.41. The van der Waals surface area contributed by atoms with Gasteiger partial charge in [-0.15, -0.1) is 0 Å². The number of nitrogens with zero attached hydrogens (tertiary/aromatic N) is 3. The molecule has 1 atom stereocenters. The highest BCUT2D eigenvalue weighted by Crippen LogP contribution is 2.32. The molecular weight excluding hydrogens is 268 g/mol. The van der Waals surface area contributed by atoms with Gasteiger partial charge in [0.15, 0.2) is 0 Å². The lowest BCUT2D eigenvalue weighted by Gasteiger charge is -2.15. The van der Waals surface area contributed by atoms with E-state index in [0.717, 1.165) is 18.7 Å². The predicted octanol–water partition coefficient (Wildman–Crippen LogP) is 1.10. The standard InChI is InChI=1S/C15H20N4O2/c1-18(2)13-6-3-11(8-16-13)17-15(21)10-7-14(20)19(9-10)12-4-5-12/h3,6,8,10,12H,4-5,7,9H2,1-2H3,(H,17,21). The van der Waals surface area contributed by atoms with Crippen molar-refractivity contribution in [1.82, 2.24) is 9.88 Å². The quantitative estimate of drug-likeness (QED) is 0.901. The molecule has 1 aromatic rings. The van der Waals surface area contributed by atoms with E-state index in [2.05, 4.69) is 10.3 Å². The number of anilines is 2. The lowest BCUT2D eigenvalue weighted by molar-refractivity contribution is -0.128. The van der Waals surface area contributed by atoms with Crippen molar-refractivity contribution in [3.05, 3.63) is 18.3 Å². The summed E-state index contributed by atoms with van der Waals surface area (Å²) < 4.78 is 0. The Bertz CT molecular complexity index is 551. The van der Waals surface area contributed by atoms with Crippen LogP contribution in [0, 0.1) is 5.92 Å². The van der Waals surface area contributed by atoms with Gasteiger partial charge in [0.05, 0.1) is 17.8 Å². The number of hydrogen-bond donors (Lipinski definition) is 1. The normalized spacial score (nSPS) is 21.5. The summed E-state index contributed by atoms with van der Waals surface area (Å²) in [6.07, 6.45) is 4.13. The average molecular weight is 288 g/mol. The van der Waals surface area contributed by atoms with E-state index >= 15 is 0 Å². The van der Waals surface area contributed by atoms with E-state index in [-0.39, 0.29) is 17.7 Å². The molecule has 2 fully saturated rings. The highest BCUT2D eigenvalue weighted by atomic mass is 16.2. The Hall–Kier alpha value is -2.11. The molecule has 1 aliphatic heterocycles. The van der Waals surface area contributed by atoms with Crippen LogP contribution in [0.4, 0.5) is 11.5 Å². The third kappa shape index (κ3) is 2.99. The zero-order chi connectivity index (χ0) is 15.0. The number of carbonyl (C=O) groups excluding carboxylic acids is 2. The maximum absolute atomic E-state index is 12.2. The van der Waals surface area contributed by atoms with E-state index in [1.165, 1.54) is 0 Å². The fourth-order valence-corrected chi connectivity index (χ4v) is 2.62. The summed E-state index contributed by atoms with van der Waals surface area (Å²) in [6.45, 7) is 0.554. The molecule has 1 unspecified atom stereocenters. The fourth-order valence-electron chi connectivity index (χ4n) is 2.62. The summed E-state index contributed by atoms with van der Waals surface area (Å²) in [5.74, 6) is 0.611. The average Bonchev–Trinajstić information content (AvgIpc) is 3.22. The second kappa shape index (κ2) is 5.35. The number of nitrogens with one attached hydrogen (secondary N) is 1. The number of amides is 2. The molecule has 0 bridgehead atoms. The molecule has 1 saturated heterocycles. The molecule has 2 amide bonds. The van der Waals surface area contributed by atoms with Gasteiger partial charge in [0.1, 0.15) is 5.82 Å². The molecule has 1 saturated carbocycles. The molecule has 1 N–H and O–H groups in total. The number of rotatable bonds is 4. The maximum Gasteiger partial charge on any atom is 0.229 e. The van der Waals surface area contributed by atoms with Gasteiger partial charge in [-0.2, -0.15) is 0 Å². The molecule has 3 rings (SSSR count). The van der Waals surface area contributed by atoms with Gasteiger partial charge in [0, 0.05) is 33.1 Å². The van der Waals surface area contributed by atoms with Gasteiger partial charge in [-0.3, -0.25) is 9.59 Å². The molecule has 0 spiro atoms. The van der Waals surface area contributed by atoms with E-state index in [1.54, 1.807) is 6.20 Å². The van der Waals surface area contributed by atoms with Crippen molar-refractivity contribution in [2.75, 3.05) is 30.9 Å². The van der Waals surface area contributed by atoms with Crippen LogP contribution in [-0.2, 0) is 9.59 Å². The third-order valence-corrected chi connectivity index (χ3v) is 3.99. The van der Waals surface area contributed by atoms with Gasteiger partial charge >= 0.3 is 0 Å². The smallest absolute Gasteiger partial charge is 0.229 e. The lowest BCUT2D eigenvalue weighted by atomic mass is 10.1. The minimum atomic E-state index is -0.244. The number of pyridine rings is 1. The Morgan fingerprint density at radius 3 is 2.71 bits per heavy atom. The highest BCUT2D eigenvalue weighted by molar-refractivity contribution is 5.97. The van der Waals surface area contributed by atoms with Crippen LogP contribution < -0.4 is 10.2 Å². The molecular formula is C15H20N4O2. The van der Waals surface area contributed by atoms with Crippen molar-refractivity contribution in [2.24, 2.45) is 5.92 Å². The van der Waals surface area contributed by atoms with Gasteiger partial charge in [0.2, 0.25) is 11.8 Å². The first-order valence-electron chi connectivity index (χ1n) is 7.28. The molecule has 0 aromatic carbocycles. The van der Waals surface area contributed by atoms with Crippen molar-refractivity contribution >= 4 is 23.3 Å². The van der Waals surface area contributed by atoms with Crippen LogP contribution in [0.2, 0.25) is 0 Å². The Balaban J connectivity index is 1.60. The minimum absolute atomic E-state index is 0.0918. The first-order valence-corrected chi connectivity index (χ1v) is 7.28. The largest absolute Gasteiger partial charge is 0.363 e. The summed E-state index contributed by atoms with van der Waals surface area (Å²) >= 11 is 0. The molecule has 2 heterocycles. The molecule has 1 aliphatic carbocycles. The van der Waals surface area contributed by atoms with Crippen molar-refractivity contribution in [3.63, 3.8) is 0 Å². The lowest BCUT2D eigenvalue weighted by Crippen LogP contribution is -2.29. The van der Waals surface area contributed by atoms with Crippen molar-refractivity contribution < 1.29 is 9.59 Å². The van der Waals surface area contributed by atoms with Crippen molar-refractivity contribution in [2.45, 2.75) is 25.3 Å². The Kier molecular flexibility index (Phi) is 3.53. The van der Waals surface area contributed by atoms with E-state index in [0.29, 0.717) is 24.7 Å². The molecule has 0 radical (unpaired) electrons. The first-order chi connectivity index (χ1) is 10.0. The zero-order valence-electron chi connectivity index (χ0n) is 12.4. The predicted molar refractivity (Wildman–Crippen MR) is 80.0 cm³/mol. The number of hydrogen-bond acceptors (Lipinski definition) is 4. The molecule has 6 nitrogen and oxygen atoms in total. The van der Waals surface area contributed by atoms with Crippen LogP contribution in [0.15, 0.2) is 18.3 Å². The van der Waals surface area contributed by atoms with Crippen LogP contribution in [0.5, 0.6) is 0 Å². The SMILES string of the molecule is CN(C)c1ccc(NC(=O)C2CC(=O)N(C3CC3)C2)cn1. The van der Waals surface area contributed by atoms with E-state index in [9.17, 15) is 9.59 Å². The van der Waals surface area contributed by atoms with Crippen LogP contribution >= 0.6 is 0 Å². The van der Waals surface area contributed by atoms with Crippen molar-refractivity contribution in [1.29, 1.82) is 0 Å². The summed E-state index contributed by atoms with van der Waals surface area (Å²) in [7, 11) is 3.83. The third-order valence-electron chi connectivity index (χ3n) is 3.99. The van der Waals surface area contributed by atoms with Gasteiger partial charge in [-0.25, -0.2) is 4.98 Å². The second-order valence-corrected chi connectivity index (χ2v) is 5.97. The summed E-state index contributed by atoms with van der Waals surface area (Å²) in [6, 6.07) is 4.07. The van der Waals surface area contributed by atoms with Gasteiger partial charge in [-0.1, -0.05) is 0 Å². The number of carbonyl (C=O) groups is 2.